The van der Waals surface area contributed by atoms with Gasteiger partial charge in [-0.1, -0.05) is 6.07 Å². The van der Waals surface area contributed by atoms with Gasteiger partial charge in [0, 0.05) is 6.04 Å². The zero-order valence-electron chi connectivity index (χ0n) is 10.3. The molecule has 0 atom stereocenters. The van der Waals surface area contributed by atoms with E-state index in [1.807, 2.05) is 13.8 Å². The monoisotopic (exact) mass is 388 g/mol. The zero-order valence-corrected chi connectivity index (χ0v) is 13.5. The third-order valence-electron chi connectivity index (χ3n) is 2.65. The predicted octanol–water partition coefficient (Wildman–Crippen LogP) is 4.36. The van der Waals surface area contributed by atoms with E-state index in [1.165, 1.54) is 6.07 Å². The van der Waals surface area contributed by atoms with Gasteiger partial charge >= 0.3 is 0 Å². The molecule has 0 aliphatic rings. The number of hydrogen-bond acceptors (Lipinski definition) is 2. The van der Waals surface area contributed by atoms with E-state index in [0.29, 0.717) is 10.2 Å². The molecule has 100 valence electrons. The number of hydrogen-bond donors (Lipinski definition) is 0. The molecule has 0 aliphatic carbocycles. The van der Waals surface area contributed by atoms with Gasteiger partial charge in [0.15, 0.2) is 0 Å². The summed E-state index contributed by atoms with van der Waals surface area (Å²) in [4.78, 5) is 12.5. The molecular formula is C13H11Br2FN2O. The summed E-state index contributed by atoms with van der Waals surface area (Å²) in [7, 11) is 0. The second kappa shape index (κ2) is 5.54. The summed E-state index contributed by atoms with van der Waals surface area (Å²) in [5, 5.41) is 4.13. The van der Waals surface area contributed by atoms with Gasteiger partial charge in [-0.3, -0.25) is 9.48 Å². The van der Waals surface area contributed by atoms with Crippen LogP contribution in [0.4, 0.5) is 4.39 Å². The Morgan fingerprint density at radius 1 is 1.32 bits per heavy atom. The van der Waals surface area contributed by atoms with E-state index in [1.54, 1.807) is 23.0 Å². The molecule has 0 radical (unpaired) electrons. The maximum absolute atomic E-state index is 14.0. The van der Waals surface area contributed by atoms with Gasteiger partial charge in [-0.25, -0.2) is 4.39 Å². The molecule has 0 amide bonds. The first-order chi connectivity index (χ1) is 8.93. The molecule has 1 aromatic carbocycles. The van der Waals surface area contributed by atoms with Crippen LogP contribution in [0.3, 0.4) is 0 Å². The summed E-state index contributed by atoms with van der Waals surface area (Å²) >= 11 is 6.37. The molecule has 0 saturated carbocycles. The summed E-state index contributed by atoms with van der Waals surface area (Å²) in [6.45, 7) is 3.82. The van der Waals surface area contributed by atoms with Crippen LogP contribution in [0.1, 0.15) is 35.9 Å². The van der Waals surface area contributed by atoms with Crippen LogP contribution in [0.25, 0.3) is 0 Å². The Labute approximate surface area is 127 Å². The van der Waals surface area contributed by atoms with Crippen molar-refractivity contribution in [3.8, 4) is 0 Å². The van der Waals surface area contributed by atoms with Crippen molar-refractivity contribution in [1.29, 1.82) is 0 Å². The van der Waals surface area contributed by atoms with Gasteiger partial charge in [-0.15, -0.1) is 0 Å². The van der Waals surface area contributed by atoms with Crippen molar-refractivity contribution in [2.45, 2.75) is 19.9 Å². The molecule has 0 saturated heterocycles. The second-order valence-electron chi connectivity index (χ2n) is 4.31. The summed E-state index contributed by atoms with van der Waals surface area (Å²) < 4.78 is 16.4. The second-order valence-corrected chi connectivity index (χ2v) is 6.02. The number of halogens is 3. The number of nitrogens with zero attached hydrogens (tertiary/aromatic N) is 2. The highest BCUT2D eigenvalue weighted by Gasteiger charge is 2.23. The van der Waals surface area contributed by atoms with Gasteiger partial charge in [-0.05, 0) is 57.8 Å². The van der Waals surface area contributed by atoms with Crippen molar-refractivity contribution in [2.24, 2.45) is 0 Å². The maximum Gasteiger partial charge on any atom is 0.215 e. The van der Waals surface area contributed by atoms with Crippen LogP contribution in [0.15, 0.2) is 33.3 Å². The van der Waals surface area contributed by atoms with E-state index in [0.717, 1.165) is 0 Å². The van der Waals surface area contributed by atoms with Gasteiger partial charge in [0.25, 0.3) is 0 Å². The Balaban J connectivity index is 2.56. The molecule has 0 fully saturated rings. The number of benzene rings is 1. The minimum atomic E-state index is -0.559. The van der Waals surface area contributed by atoms with E-state index in [4.69, 9.17) is 0 Å². The molecule has 2 aromatic rings. The van der Waals surface area contributed by atoms with Crippen LogP contribution in [-0.4, -0.2) is 15.6 Å². The molecule has 1 heterocycles. The SMILES string of the molecule is CC(C)n1ncc(Br)c1C(=O)c1cccc(Br)c1F. The molecule has 0 spiro atoms. The van der Waals surface area contributed by atoms with Crippen molar-refractivity contribution < 1.29 is 9.18 Å². The number of ketones is 1. The van der Waals surface area contributed by atoms with E-state index >= 15 is 0 Å². The Kier molecular flexibility index (Phi) is 4.20. The maximum atomic E-state index is 14.0. The fourth-order valence-electron chi connectivity index (χ4n) is 1.75. The molecule has 6 heteroatoms. The van der Waals surface area contributed by atoms with Crippen molar-refractivity contribution in [2.75, 3.05) is 0 Å². The number of aromatic nitrogens is 2. The van der Waals surface area contributed by atoms with Gasteiger partial charge in [-0.2, -0.15) is 5.10 Å². The van der Waals surface area contributed by atoms with Gasteiger partial charge in [0.05, 0.1) is 20.7 Å². The largest absolute Gasteiger partial charge is 0.287 e. The summed E-state index contributed by atoms with van der Waals surface area (Å²) in [5.41, 5.74) is 0.379. The Bertz CT molecular complexity index is 638. The number of carbonyl (C=O) groups excluding carboxylic acids is 1. The first-order valence-electron chi connectivity index (χ1n) is 5.65. The van der Waals surface area contributed by atoms with E-state index in [2.05, 4.69) is 37.0 Å². The van der Waals surface area contributed by atoms with Crippen molar-refractivity contribution in [1.82, 2.24) is 9.78 Å². The molecule has 0 aliphatic heterocycles. The van der Waals surface area contributed by atoms with Crippen LogP contribution in [0.5, 0.6) is 0 Å². The summed E-state index contributed by atoms with van der Waals surface area (Å²) in [5.74, 6) is -0.951. The molecule has 1 aromatic heterocycles. The van der Waals surface area contributed by atoms with Crippen LogP contribution in [0, 0.1) is 5.82 Å². The lowest BCUT2D eigenvalue weighted by atomic mass is 10.1. The molecule has 2 rings (SSSR count). The lowest BCUT2D eigenvalue weighted by molar-refractivity contribution is 0.102. The van der Waals surface area contributed by atoms with E-state index in [9.17, 15) is 9.18 Å². The smallest absolute Gasteiger partial charge is 0.215 e. The van der Waals surface area contributed by atoms with Crippen molar-refractivity contribution in [3.63, 3.8) is 0 Å². The van der Waals surface area contributed by atoms with Gasteiger partial charge in [0.1, 0.15) is 11.5 Å². The van der Waals surface area contributed by atoms with Crippen LogP contribution >= 0.6 is 31.9 Å². The fraction of sp³-hybridized carbons (Fsp3) is 0.231. The minimum Gasteiger partial charge on any atom is -0.287 e. The molecule has 19 heavy (non-hydrogen) atoms. The van der Waals surface area contributed by atoms with Crippen molar-refractivity contribution in [3.05, 3.63) is 50.4 Å². The lowest BCUT2D eigenvalue weighted by Crippen LogP contribution is -2.15. The molecular weight excluding hydrogens is 379 g/mol. The van der Waals surface area contributed by atoms with Crippen LogP contribution < -0.4 is 0 Å². The Hall–Kier alpha value is -1.01. The number of rotatable bonds is 3. The average Bonchev–Trinajstić information content (AvgIpc) is 2.74. The average molecular weight is 390 g/mol. The summed E-state index contributed by atoms with van der Waals surface area (Å²) in [6.07, 6.45) is 1.54. The first-order valence-corrected chi connectivity index (χ1v) is 7.23. The molecule has 3 nitrogen and oxygen atoms in total. The third kappa shape index (κ3) is 2.65. The normalized spacial score (nSPS) is 11.1. The zero-order chi connectivity index (χ0) is 14.2. The fourth-order valence-corrected chi connectivity index (χ4v) is 2.57. The first kappa shape index (κ1) is 14.4. The third-order valence-corrected chi connectivity index (χ3v) is 3.84. The Morgan fingerprint density at radius 3 is 2.63 bits per heavy atom. The molecule has 0 N–H and O–H groups in total. The van der Waals surface area contributed by atoms with Crippen molar-refractivity contribution >= 4 is 37.6 Å². The highest BCUT2D eigenvalue weighted by Crippen LogP contribution is 2.26. The minimum absolute atomic E-state index is 0.0143. The van der Waals surface area contributed by atoms with Crippen LogP contribution in [0.2, 0.25) is 0 Å². The van der Waals surface area contributed by atoms with E-state index in [-0.39, 0.29) is 16.1 Å². The molecule has 0 bridgehead atoms. The standard InChI is InChI=1S/C13H11Br2FN2O/c1-7(2)18-12(10(15)6-17-18)13(19)8-4-3-5-9(14)11(8)16/h3-7H,1-2H3. The highest BCUT2D eigenvalue weighted by atomic mass is 79.9. The topological polar surface area (TPSA) is 34.9 Å². The lowest BCUT2D eigenvalue weighted by Gasteiger charge is -2.11. The highest BCUT2D eigenvalue weighted by molar-refractivity contribution is 9.10. The quantitative estimate of drug-likeness (QED) is 0.731. The molecule has 0 unspecified atom stereocenters. The predicted molar refractivity (Wildman–Crippen MR) is 77.8 cm³/mol. The van der Waals surface area contributed by atoms with Crippen LogP contribution in [-0.2, 0) is 0 Å². The van der Waals surface area contributed by atoms with Gasteiger partial charge in [0.2, 0.25) is 5.78 Å². The number of carbonyl (C=O) groups is 1. The summed E-state index contributed by atoms with van der Waals surface area (Å²) in [6, 6.07) is 4.66. The van der Waals surface area contributed by atoms with E-state index < -0.39 is 11.6 Å². The Morgan fingerprint density at radius 2 is 2.00 bits per heavy atom. The van der Waals surface area contributed by atoms with Gasteiger partial charge < -0.3 is 0 Å².